The van der Waals surface area contributed by atoms with Crippen molar-refractivity contribution in [3.05, 3.63) is 57.9 Å². The van der Waals surface area contributed by atoms with Crippen LogP contribution < -0.4 is 10.9 Å². The van der Waals surface area contributed by atoms with Crippen molar-refractivity contribution in [1.82, 2.24) is 15.8 Å². The van der Waals surface area contributed by atoms with Gasteiger partial charge in [0, 0.05) is 11.3 Å². The molecule has 1 aromatic heterocycles. The second-order valence-electron chi connectivity index (χ2n) is 6.54. The zero-order valence-electron chi connectivity index (χ0n) is 16.2. The molecular weight excluding hydrogens is 346 g/mol. The molecule has 2 amide bonds. The third-order valence-corrected chi connectivity index (χ3v) is 4.13. The summed E-state index contributed by atoms with van der Waals surface area (Å²) in [5.41, 5.74) is 7.83. The van der Waals surface area contributed by atoms with E-state index >= 15 is 0 Å². The van der Waals surface area contributed by atoms with Crippen LogP contribution in [0.1, 0.15) is 68.8 Å². The number of aromatic amines is 1. The molecule has 27 heavy (non-hydrogen) atoms. The first-order valence-corrected chi connectivity index (χ1v) is 8.84. The fourth-order valence-corrected chi connectivity index (χ4v) is 2.70. The molecule has 144 valence electrons. The van der Waals surface area contributed by atoms with Gasteiger partial charge in [-0.2, -0.15) is 0 Å². The molecule has 0 bridgehead atoms. The molecule has 0 aliphatic rings. The highest BCUT2D eigenvalue weighted by Gasteiger charge is 2.23. The Kier molecular flexibility index (Phi) is 6.39. The van der Waals surface area contributed by atoms with Gasteiger partial charge in [0.1, 0.15) is 5.69 Å². The molecule has 0 atom stereocenters. The predicted octanol–water partition coefficient (Wildman–Crippen LogP) is 2.83. The highest BCUT2D eigenvalue weighted by Crippen LogP contribution is 2.19. The number of benzene rings is 1. The summed E-state index contributed by atoms with van der Waals surface area (Å²) >= 11 is 0. The summed E-state index contributed by atoms with van der Waals surface area (Å²) in [6.07, 6.45) is 0.618. The van der Waals surface area contributed by atoms with Gasteiger partial charge in [-0.1, -0.05) is 19.1 Å². The Morgan fingerprint density at radius 2 is 1.63 bits per heavy atom. The molecule has 3 N–H and O–H groups in total. The van der Waals surface area contributed by atoms with E-state index in [9.17, 15) is 14.4 Å². The Bertz CT molecular complexity index is 851. The zero-order valence-corrected chi connectivity index (χ0v) is 16.2. The summed E-state index contributed by atoms with van der Waals surface area (Å²) in [7, 11) is 0. The number of rotatable bonds is 5. The summed E-state index contributed by atoms with van der Waals surface area (Å²) < 4.78 is 5.21. The average Bonchev–Trinajstić information content (AvgIpc) is 2.93. The van der Waals surface area contributed by atoms with Crippen molar-refractivity contribution < 1.29 is 19.1 Å². The van der Waals surface area contributed by atoms with Crippen LogP contribution >= 0.6 is 0 Å². The number of hydrogen-bond donors (Lipinski definition) is 3. The minimum atomic E-state index is -0.544. The van der Waals surface area contributed by atoms with Crippen LogP contribution in [0.4, 0.5) is 0 Å². The van der Waals surface area contributed by atoms with Crippen molar-refractivity contribution in [2.24, 2.45) is 0 Å². The summed E-state index contributed by atoms with van der Waals surface area (Å²) in [6.45, 7) is 8.88. The van der Waals surface area contributed by atoms with Gasteiger partial charge in [0.25, 0.3) is 11.8 Å². The smallest absolute Gasteiger partial charge is 0.340 e. The van der Waals surface area contributed by atoms with Gasteiger partial charge in [0.05, 0.1) is 11.7 Å². The molecule has 0 fully saturated rings. The van der Waals surface area contributed by atoms with Gasteiger partial charge < -0.3 is 9.72 Å². The van der Waals surface area contributed by atoms with Crippen LogP contribution in [-0.4, -0.2) is 28.9 Å². The number of amides is 2. The third-order valence-electron chi connectivity index (χ3n) is 4.13. The lowest BCUT2D eigenvalue weighted by atomic mass is 10.1. The minimum Gasteiger partial charge on any atom is -0.459 e. The molecule has 0 aliphatic heterocycles. The summed E-state index contributed by atoms with van der Waals surface area (Å²) in [5.74, 6) is -1.46. The van der Waals surface area contributed by atoms with Crippen LogP contribution in [0.25, 0.3) is 0 Å². The van der Waals surface area contributed by atoms with E-state index in [-0.39, 0.29) is 11.8 Å². The number of nitrogens with one attached hydrogen (secondary N) is 3. The van der Waals surface area contributed by atoms with Crippen LogP contribution in [0.15, 0.2) is 24.3 Å². The number of aromatic nitrogens is 1. The third kappa shape index (κ3) is 4.75. The Morgan fingerprint density at radius 3 is 2.19 bits per heavy atom. The molecule has 0 radical (unpaired) electrons. The Balaban J connectivity index is 2.07. The van der Waals surface area contributed by atoms with Crippen molar-refractivity contribution in [3.63, 3.8) is 0 Å². The molecule has 0 saturated carbocycles. The zero-order chi connectivity index (χ0) is 20.1. The SMILES string of the molecule is CCc1ccc(C(=O)NNC(=O)c2[nH]c(C)c(C(=O)OC(C)C)c2C)cc1. The minimum absolute atomic E-state index is 0.199. The molecule has 0 spiro atoms. The molecular formula is C20H25N3O4. The van der Waals surface area contributed by atoms with Crippen LogP contribution in [0, 0.1) is 13.8 Å². The van der Waals surface area contributed by atoms with Gasteiger partial charge in [-0.05, 0) is 57.4 Å². The number of aryl methyl sites for hydroxylation is 2. The van der Waals surface area contributed by atoms with Gasteiger partial charge >= 0.3 is 5.97 Å². The fourth-order valence-electron chi connectivity index (χ4n) is 2.70. The maximum Gasteiger partial charge on any atom is 0.340 e. The van der Waals surface area contributed by atoms with Crippen LogP contribution in [0.5, 0.6) is 0 Å². The van der Waals surface area contributed by atoms with Crippen LogP contribution in [0.3, 0.4) is 0 Å². The fraction of sp³-hybridized carbons (Fsp3) is 0.350. The van der Waals surface area contributed by atoms with Gasteiger partial charge in [-0.3, -0.25) is 20.4 Å². The Morgan fingerprint density at radius 1 is 1.04 bits per heavy atom. The average molecular weight is 371 g/mol. The first kappa shape index (κ1) is 20.2. The second kappa shape index (κ2) is 8.53. The number of hydrogen-bond acceptors (Lipinski definition) is 4. The molecule has 0 saturated heterocycles. The molecule has 1 aromatic carbocycles. The molecule has 2 aromatic rings. The molecule has 2 rings (SSSR count). The predicted molar refractivity (Wildman–Crippen MR) is 102 cm³/mol. The standard InChI is InChI=1S/C20H25N3O4/c1-6-14-7-9-15(10-8-14)18(24)22-23-19(25)17-12(4)16(13(5)21-17)20(26)27-11(2)3/h7-11,21H,6H2,1-5H3,(H,22,24)(H,23,25). The molecule has 0 aliphatic carbocycles. The van der Waals surface area contributed by atoms with Crippen LogP contribution in [-0.2, 0) is 11.2 Å². The van der Waals surface area contributed by atoms with Crippen molar-refractivity contribution >= 4 is 17.8 Å². The summed E-state index contributed by atoms with van der Waals surface area (Å²) in [4.78, 5) is 39.6. The number of ether oxygens (including phenoxy) is 1. The highest BCUT2D eigenvalue weighted by atomic mass is 16.5. The quantitative estimate of drug-likeness (QED) is 0.556. The van der Waals surface area contributed by atoms with Crippen LogP contribution in [0.2, 0.25) is 0 Å². The lowest BCUT2D eigenvalue weighted by Gasteiger charge is -2.09. The molecule has 7 heteroatoms. The first-order valence-electron chi connectivity index (χ1n) is 8.84. The normalized spacial score (nSPS) is 10.6. The Labute approximate surface area is 158 Å². The van der Waals surface area contributed by atoms with Gasteiger partial charge in [0.15, 0.2) is 0 Å². The maximum absolute atomic E-state index is 12.4. The lowest BCUT2D eigenvalue weighted by Crippen LogP contribution is -2.42. The van der Waals surface area contributed by atoms with Crippen molar-refractivity contribution in [3.8, 4) is 0 Å². The molecule has 0 unspecified atom stereocenters. The highest BCUT2D eigenvalue weighted by molar-refractivity contribution is 6.02. The lowest BCUT2D eigenvalue weighted by molar-refractivity contribution is 0.0376. The number of carbonyl (C=O) groups is 3. The van der Waals surface area contributed by atoms with Crippen molar-refractivity contribution in [2.75, 3.05) is 0 Å². The number of esters is 1. The van der Waals surface area contributed by atoms with Gasteiger partial charge in [-0.25, -0.2) is 4.79 Å². The van der Waals surface area contributed by atoms with Crippen molar-refractivity contribution in [2.45, 2.75) is 47.1 Å². The monoisotopic (exact) mass is 371 g/mol. The number of H-pyrrole nitrogens is 1. The van der Waals surface area contributed by atoms with E-state index in [2.05, 4.69) is 15.8 Å². The van der Waals surface area contributed by atoms with E-state index in [0.717, 1.165) is 12.0 Å². The van der Waals surface area contributed by atoms with Gasteiger partial charge in [-0.15, -0.1) is 0 Å². The molecule has 1 heterocycles. The first-order chi connectivity index (χ1) is 12.7. The maximum atomic E-state index is 12.4. The number of hydrazine groups is 1. The van der Waals surface area contributed by atoms with Crippen molar-refractivity contribution in [1.29, 1.82) is 0 Å². The van der Waals surface area contributed by atoms with E-state index in [1.54, 1.807) is 39.8 Å². The van der Waals surface area contributed by atoms with E-state index in [1.807, 2.05) is 19.1 Å². The molecule has 7 nitrogen and oxygen atoms in total. The topological polar surface area (TPSA) is 100 Å². The summed E-state index contributed by atoms with van der Waals surface area (Å²) in [5, 5.41) is 0. The van der Waals surface area contributed by atoms with E-state index in [0.29, 0.717) is 22.4 Å². The largest absolute Gasteiger partial charge is 0.459 e. The second-order valence-corrected chi connectivity index (χ2v) is 6.54. The van der Waals surface area contributed by atoms with E-state index in [1.165, 1.54) is 0 Å². The summed E-state index contributed by atoms with van der Waals surface area (Å²) in [6, 6.07) is 7.12. The number of carbonyl (C=O) groups excluding carboxylic acids is 3. The van der Waals surface area contributed by atoms with E-state index in [4.69, 9.17) is 4.74 Å². The van der Waals surface area contributed by atoms with E-state index < -0.39 is 17.8 Å². The van der Waals surface area contributed by atoms with Gasteiger partial charge in [0.2, 0.25) is 0 Å². The Hall–Kier alpha value is -3.09.